The topological polar surface area (TPSA) is 63.7 Å². The molecule has 5 nitrogen and oxygen atoms in total. The molecule has 0 saturated carbocycles. The largest absolute Gasteiger partial charge is 0.479 e. The summed E-state index contributed by atoms with van der Waals surface area (Å²) in [5.41, 5.74) is 0. The Morgan fingerprint density at radius 2 is 2.14 bits per heavy atom. The Morgan fingerprint density at radius 3 is 2.68 bits per heavy atom. The van der Waals surface area contributed by atoms with Gasteiger partial charge in [0, 0.05) is 17.6 Å². The summed E-state index contributed by atoms with van der Waals surface area (Å²) in [4.78, 5) is 14.1. The zero-order chi connectivity index (χ0) is 16.1. The van der Waals surface area contributed by atoms with Gasteiger partial charge in [0.15, 0.2) is 15.9 Å². The predicted octanol–water partition coefficient (Wildman–Crippen LogP) is 2.16. The summed E-state index contributed by atoms with van der Waals surface area (Å²) >= 11 is 11.8. The van der Waals surface area contributed by atoms with E-state index in [2.05, 4.69) is 0 Å². The van der Waals surface area contributed by atoms with Crippen LogP contribution in [-0.2, 0) is 14.6 Å². The molecule has 2 aliphatic heterocycles. The number of amides is 1. The summed E-state index contributed by atoms with van der Waals surface area (Å²) in [6.45, 7) is 1.89. The predicted molar refractivity (Wildman–Crippen MR) is 84.2 cm³/mol. The molecule has 2 heterocycles. The lowest BCUT2D eigenvalue weighted by atomic mass is 10.2. The maximum atomic E-state index is 12.5. The molecule has 0 spiro atoms. The van der Waals surface area contributed by atoms with Crippen molar-refractivity contribution in [3.8, 4) is 5.75 Å². The Hall–Kier alpha value is -0.980. The Labute approximate surface area is 139 Å². The molecule has 1 aromatic rings. The van der Waals surface area contributed by atoms with E-state index in [9.17, 15) is 13.2 Å². The van der Waals surface area contributed by atoms with Crippen LogP contribution in [0.1, 0.15) is 13.3 Å². The van der Waals surface area contributed by atoms with Gasteiger partial charge < -0.3 is 9.64 Å². The SMILES string of the molecule is C[C@H](Oc1ccc(Cl)cc1Cl)C(=O)N1C[C@H]2C[C@H]1CS2(=O)=O. The third kappa shape index (κ3) is 2.79. The van der Waals surface area contributed by atoms with Crippen molar-refractivity contribution < 1.29 is 17.9 Å². The standard InChI is InChI=1S/C14H15Cl2NO4S/c1-8(21-13-3-2-9(15)4-12(13)16)14(18)17-6-11-5-10(17)7-22(11,19)20/h2-4,8,10-11H,5-7H2,1H3/t8-,10-,11+/m0/s1. The second kappa shape index (κ2) is 5.58. The molecule has 3 atom stereocenters. The number of hydrogen-bond acceptors (Lipinski definition) is 4. The van der Waals surface area contributed by atoms with E-state index in [0.29, 0.717) is 22.2 Å². The lowest BCUT2D eigenvalue weighted by Crippen LogP contribution is -2.48. The molecule has 1 aromatic carbocycles. The van der Waals surface area contributed by atoms with E-state index in [1.807, 2.05) is 0 Å². The zero-order valence-electron chi connectivity index (χ0n) is 11.8. The van der Waals surface area contributed by atoms with Crippen LogP contribution in [0, 0.1) is 0 Å². The average molecular weight is 364 g/mol. The van der Waals surface area contributed by atoms with Gasteiger partial charge in [0.2, 0.25) is 0 Å². The summed E-state index contributed by atoms with van der Waals surface area (Å²) in [6, 6.07) is 4.55. The summed E-state index contributed by atoms with van der Waals surface area (Å²) in [7, 11) is -3.02. The first-order valence-electron chi connectivity index (χ1n) is 6.91. The third-order valence-electron chi connectivity index (χ3n) is 4.14. The van der Waals surface area contributed by atoms with Crippen molar-refractivity contribution in [3.05, 3.63) is 28.2 Å². The fraction of sp³-hybridized carbons (Fsp3) is 0.500. The molecule has 0 N–H and O–H groups in total. The number of ether oxygens (including phenoxy) is 1. The van der Waals surface area contributed by atoms with E-state index in [-0.39, 0.29) is 24.2 Å². The van der Waals surface area contributed by atoms with Gasteiger partial charge in [-0.05, 0) is 31.5 Å². The average Bonchev–Trinajstić information content (AvgIpc) is 2.96. The fourth-order valence-corrected chi connectivity index (χ4v) is 5.49. The Bertz CT molecular complexity index is 722. The summed E-state index contributed by atoms with van der Waals surface area (Å²) in [6.07, 6.45) is -0.205. The second-order valence-electron chi connectivity index (χ2n) is 5.67. The van der Waals surface area contributed by atoms with E-state index in [4.69, 9.17) is 27.9 Å². The fourth-order valence-electron chi connectivity index (χ4n) is 3.01. The number of rotatable bonds is 3. The smallest absolute Gasteiger partial charge is 0.263 e. The van der Waals surface area contributed by atoms with Gasteiger partial charge in [-0.1, -0.05) is 23.2 Å². The molecule has 2 aliphatic rings. The van der Waals surface area contributed by atoms with Crippen LogP contribution in [0.5, 0.6) is 5.75 Å². The molecule has 2 fully saturated rings. The maximum absolute atomic E-state index is 12.5. The van der Waals surface area contributed by atoms with Crippen LogP contribution in [0.25, 0.3) is 0 Å². The van der Waals surface area contributed by atoms with Gasteiger partial charge in [0.1, 0.15) is 5.75 Å². The normalized spacial score (nSPS) is 27.0. The first-order valence-corrected chi connectivity index (χ1v) is 9.39. The van der Waals surface area contributed by atoms with E-state index in [0.717, 1.165) is 0 Å². The van der Waals surface area contributed by atoms with Crippen LogP contribution in [0.4, 0.5) is 0 Å². The molecule has 0 radical (unpaired) electrons. The number of halogens is 2. The van der Waals surface area contributed by atoms with Crippen molar-refractivity contribution in [1.82, 2.24) is 4.90 Å². The van der Waals surface area contributed by atoms with Crippen molar-refractivity contribution in [1.29, 1.82) is 0 Å². The van der Waals surface area contributed by atoms with Gasteiger partial charge in [-0.2, -0.15) is 0 Å². The maximum Gasteiger partial charge on any atom is 0.263 e. The van der Waals surface area contributed by atoms with Crippen LogP contribution >= 0.6 is 23.2 Å². The molecule has 2 saturated heterocycles. The number of hydrogen-bond donors (Lipinski definition) is 0. The van der Waals surface area contributed by atoms with Crippen LogP contribution in [0.2, 0.25) is 10.0 Å². The van der Waals surface area contributed by atoms with Crippen molar-refractivity contribution in [2.24, 2.45) is 0 Å². The van der Waals surface area contributed by atoms with Crippen LogP contribution in [0.3, 0.4) is 0 Å². The van der Waals surface area contributed by atoms with Crippen molar-refractivity contribution >= 4 is 38.9 Å². The Morgan fingerprint density at radius 1 is 1.41 bits per heavy atom. The molecule has 120 valence electrons. The van der Waals surface area contributed by atoms with Crippen molar-refractivity contribution in [3.63, 3.8) is 0 Å². The number of likely N-dealkylation sites (tertiary alicyclic amines) is 1. The van der Waals surface area contributed by atoms with Crippen molar-refractivity contribution in [2.45, 2.75) is 30.7 Å². The lowest BCUT2D eigenvalue weighted by Gasteiger charge is -2.29. The van der Waals surface area contributed by atoms with E-state index in [1.54, 1.807) is 30.0 Å². The van der Waals surface area contributed by atoms with Gasteiger partial charge in [-0.15, -0.1) is 0 Å². The quantitative estimate of drug-likeness (QED) is 0.825. The summed E-state index contributed by atoms with van der Waals surface area (Å²) in [5, 5.41) is 0.392. The number of nitrogens with zero attached hydrogens (tertiary/aromatic N) is 1. The van der Waals surface area contributed by atoms with Gasteiger partial charge in [0.05, 0.1) is 16.0 Å². The van der Waals surface area contributed by atoms with E-state index in [1.165, 1.54) is 0 Å². The number of fused-ring (bicyclic) bond motifs is 2. The highest BCUT2D eigenvalue weighted by molar-refractivity contribution is 7.92. The number of carbonyl (C=O) groups is 1. The second-order valence-corrected chi connectivity index (χ2v) is 8.84. The van der Waals surface area contributed by atoms with Gasteiger partial charge in [-0.3, -0.25) is 4.79 Å². The van der Waals surface area contributed by atoms with E-state index >= 15 is 0 Å². The Kier molecular flexibility index (Phi) is 4.03. The van der Waals surface area contributed by atoms with Gasteiger partial charge >= 0.3 is 0 Å². The number of sulfone groups is 1. The molecular weight excluding hydrogens is 349 g/mol. The number of carbonyl (C=O) groups excluding carboxylic acids is 1. The zero-order valence-corrected chi connectivity index (χ0v) is 14.2. The number of benzene rings is 1. The van der Waals surface area contributed by atoms with Crippen LogP contribution < -0.4 is 4.74 Å². The highest BCUT2D eigenvalue weighted by atomic mass is 35.5. The van der Waals surface area contributed by atoms with Gasteiger partial charge in [-0.25, -0.2) is 8.42 Å². The molecule has 22 heavy (non-hydrogen) atoms. The summed E-state index contributed by atoms with van der Waals surface area (Å²) in [5.74, 6) is 0.218. The molecule has 0 unspecified atom stereocenters. The molecule has 3 rings (SSSR count). The summed E-state index contributed by atoms with van der Waals surface area (Å²) < 4.78 is 29.1. The molecular formula is C14H15Cl2NO4S. The van der Waals surface area contributed by atoms with Crippen molar-refractivity contribution in [2.75, 3.05) is 12.3 Å². The molecule has 2 bridgehead atoms. The molecule has 8 heteroatoms. The highest BCUT2D eigenvalue weighted by Gasteiger charge is 2.50. The minimum absolute atomic E-state index is 0.0534. The molecule has 1 amide bonds. The molecule has 0 aliphatic carbocycles. The third-order valence-corrected chi connectivity index (χ3v) is 6.87. The lowest BCUT2D eigenvalue weighted by molar-refractivity contribution is -0.138. The minimum atomic E-state index is -3.02. The first-order chi connectivity index (χ1) is 10.3. The van der Waals surface area contributed by atoms with Crippen LogP contribution in [-0.4, -0.2) is 48.9 Å². The van der Waals surface area contributed by atoms with E-state index < -0.39 is 21.2 Å². The first kappa shape index (κ1) is 15.9. The Balaban J connectivity index is 1.69. The van der Waals surface area contributed by atoms with Gasteiger partial charge in [0.25, 0.3) is 5.91 Å². The van der Waals surface area contributed by atoms with Crippen LogP contribution in [0.15, 0.2) is 18.2 Å². The highest BCUT2D eigenvalue weighted by Crippen LogP contribution is 2.34. The minimum Gasteiger partial charge on any atom is -0.479 e. The monoisotopic (exact) mass is 363 g/mol. The molecule has 0 aromatic heterocycles.